The number of carbonyl (C=O) groups excluding carboxylic acids is 1. The Bertz CT molecular complexity index is 810. The van der Waals surface area contributed by atoms with Crippen LogP contribution in [0.25, 0.3) is 0 Å². The highest BCUT2D eigenvalue weighted by Gasteiger charge is 2.22. The maximum absolute atomic E-state index is 12.3. The molecule has 1 atom stereocenters. The van der Waals surface area contributed by atoms with Crippen LogP contribution in [0, 0.1) is 0 Å². The third kappa shape index (κ3) is 4.97. The second-order valence-electron chi connectivity index (χ2n) is 5.45. The SMILES string of the molecule is C[C@H](NC(=O)CN(c1cccc(Cl)c1)S(C)(=O)=O)c1ccccc1. The third-order valence-corrected chi connectivity index (χ3v) is 4.84. The van der Waals surface area contributed by atoms with E-state index < -0.39 is 15.9 Å². The van der Waals surface area contributed by atoms with Gasteiger partial charge in [-0.2, -0.15) is 0 Å². The van der Waals surface area contributed by atoms with Crippen LogP contribution in [0.3, 0.4) is 0 Å². The van der Waals surface area contributed by atoms with E-state index in [-0.39, 0.29) is 12.6 Å². The Kier molecular flexibility index (Phi) is 5.85. The fourth-order valence-corrected chi connectivity index (χ4v) is 3.31. The van der Waals surface area contributed by atoms with Gasteiger partial charge in [0, 0.05) is 5.02 Å². The Morgan fingerprint density at radius 1 is 1.17 bits per heavy atom. The molecule has 0 radical (unpaired) electrons. The van der Waals surface area contributed by atoms with Crippen LogP contribution in [0.15, 0.2) is 54.6 Å². The topological polar surface area (TPSA) is 66.5 Å². The van der Waals surface area contributed by atoms with Crippen LogP contribution < -0.4 is 9.62 Å². The summed E-state index contributed by atoms with van der Waals surface area (Å²) in [6, 6.07) is 15.6. The first-order chi connectivity index (χ1) is 11.3. The molecule has 128 valence electrons. The number of hydrogen-bond acceptors (Lipinski definition) is 3. The van der Waals surface area contributed by atoms with Gasteiger partial charge in [-0.15, -0.1) is 0 Å². The molecule has 0 aliphatic rings. The summed E-state index contributed by atoms with van der Waals surface area (Å²) < 4.78 is 25.1. The summed E-state index contributed by atoms with van der Waals surface area (Å²) in [6.07, 6.45) is 1.06. The molecular weight excluding hydrogens is 348 g/mol. The van der Waals surface area contributed by atoms with E-state index in [9.17, 15) is 13.2 Å². The number of halogens is 1. The molecule has 0 aliphatic carbocycles. The van der Waals surface area contributed by atoms with Gasteiger partial charge in [0.2, 0.25) is 15.9 Å². The van der Waals surface area contributed by atoms with Crippen LogP contribution in [-0.4, -0.2) is 27.1 Å². The molecule has 2 aromatic rings. The molecule has 0 saturated carbocycles. The molecule has 0 spiro atoms. The van der Waals surface area contributed by atoms with Gasteiger partial charge in [0.15, 0.2) is 0 Å². The molecule has 0 fully saturated rings. The van der Waals surface area contributed by atoms with Crippen LogP contribution in [0.5, 0.6) is 0 Å². The standard InChI is InChI=1S/C17H19ClN2O3S/c1-13(14-7-4-3-5-8-14)19-17(21)12-20(24(2,22)23)16-10-6-9-15(18)11-16/h3-11,13H,12H2,1-2H3,(H,19,21)/t13-/m0/s1. The van der Waals surface area contributed by atoms with Crippen molar-refractivity contribution in [1.82, 2.24) is 5.32 Å². The summed E-state index contributed by atoms with van der Waals surface area (Å²) in [7, 11) is -3.62. The first-order valence-corrected chi connectivity index (χ1v) is 9.57. The van der Waals surface area contributed by atoms with E-state index in [1.54, 1.807) is 18.2 Å². The van der Waals surface area contributed by atoms with Gasteiger partial charge in [-0.1, -0.05) is 48.0 Å². The van der Waals surface area contributed by atoms with E-state index in [0.29, 0.717) is 10.7 Å². The summed E-state index contributed by atoms with van der Waals surface area (Å²) in [6.45, 7) is 1.54. The fourth-order valence-electron chi connectivity index (χ4n) is 2.27. The lowest BCUT2D eigenvalue weighted by molar-refractivity contribution is -0.120. The first-order valence-electron chi connectivity index (χ1n) is 7.35. The summed E-state index contributed by atoms with van der Waals surface area (Å²) in [5.74, 6) is -0.392. The Morgan fingerprint density at radius 2 is 1.83 bits per heavy atom. The number of nitrogens with zero attached hydrogens (tertiary/aromatic N) is 1. The number of benzene rings is 2. The molecule has 2 rings (SSSR count). The van der Waals surface area contributed by atoms with E-state index in [4.69, 9.17) is 11.6 Å². The van der Waals surface area contributed by atoms with Gasteiger partial charge in [-0.3, -0.25) is 9.10 Å². The minimum atomic E-state index is -3.62. The summed E-state index contributed by atoms with van der Waals surface area (Å²) >= 11 is 5.92. The summed E-state index contributed by atoms with van der Waals surface area (Å²) in [4.78, 5) is 12.3. The molecule has 2 aromatic carbocycles. The Morgan fingerprint density at radius 3 is 2.42 bits per heavy atom. The van der Waals surface area contributed by atoms with Crippen molar-refractivity contribution in [3.05, 3.63) is 65.2 Å². The van der Waals surface area contributed by atoms with E-state index in [0.717, 1.165) is 16.1 Å². The zero-order valence-electron chi connectivity index (χ0n) is 13.4. The Balaban J connectivity index is 2.14. The van der Waals surface area contributed by atoms with Crippen LogP contribution >= 0.6 is 11.6 Å². The van der Waals surface area contributed by atoms with Crippen molar-refractivity contribution in [2.45, 2.75) is 13.0 Å². The zero-order valence-corrected chi connectivity index (χ0v) is 15.0. The van der Waals surface area contributed by atoms with Crippen molar-refractivity contribution in [1.29, 1.82) is 0 Å². The second-order valence-corrected chi connectivity index (χ2v) is 7.79. The lowest BCUT2D eigenvalue weighted by Crippen LogP contribution is -2.41. The van der Waals surface area contributed by atoms with Crippen LogP contribution in [-0.2, 0) is 14.8 Å². The molecule has 0 unspecified atom stereocenters. The van der Waals surface area contributed by atoms with Crippen LogP contribution in [0.2, 0.25) is 5.02 Å². The summed E-state index contributed by atoms with van der Waals surface area (Å²) in [5.41, 5.74) is 1.30. The number of sulfonamides is 1. The molecule has 0 aliphatic heterocycles. The van der Waals surface area contributed by atoms with E-state index in [1.165, 1.54) is 6.07 Å². The number of carbonyl (C=O) groups is 1. The number of nitrogens with one attached hydrogen (secondary N) is 1. The third-order valence-electron chi connectivity index (χ3n) is 3.46. The number of hydrogen-bond donors (Lipinski definition) is 1. The van der Waals surface area contributed by atoms with Gasteiger partial charge < -0.3 is 5.32 Å². The smallest absolute Gasteiger partial charge is 0.241 e. The second kappa shape index (κ2) is 7.68. The predicted octanol–water partition coefficient (Wildman–Crippen LogP) is 2.98. The zero-order chi connectivity index (χ0) is 17.7. The highest BCUT2D eigenvalue weighted by molar-refractivity contribution is 7.92. The lowest BCUT2D eigenvalue weighted by atomic mass is 10.1. The number of rotatable bonds is 6. The highest BCUT2D eigenvalue weighted by atomic mass is 35.5. The fraction of sp³-hybridized carbons (Fsp3) is 0.235. The van der Waals surface area contributed by atoms with Gasteiger partial charge in [0.25, 0.3) is 0 Å². The molecule has 0 bridgehead atoms. The van der Waals surface area contributed by atoms with Crippen LogP contribution in [0.4, 0.5) is 5.69 Å². The molecule has 0 heterocycles. The van der Waals surface area contributed by atoms with Gasteiger partial charge >= 0.3 is 0 Å². The minimum Gasteiger partial charge on any atom is -0.348 e. The number of anilines is 1. The molecule has 24 heavy (non-hydrogen) atoms. The van der Waals surface area contributed by atoms with Gasteiger partial charge in [0.1, 0.15) is 6.54 Å². The van der Waals surface area contributed by atoms with E-state index >= 15 is 0 Å². The van der Waals surface area contributed by atoms with Crippen molar-refractivity contribution < 1.29 is 13.2 Å². The van der Waals surface area contributed by atoms with Gasteiger partial charge in [-0.25, -0.2) is 8.42 Å². The van der Waals surface area contributed by atoms with Crippen molar-refractivity contribution in [2.75, 3.05) is 17.1 Å². The maximum Gasteiger partial charge on any atom is 0.241 e. The Labute approximate surface area is 147 Å². The molecule has 1 N–H and O–H groups in total. The van der Waals surface area contributed by atoms with Gasteiger partial charge in [0.05, 0.1) is 18.0 Å². The first kappa shape index (κ1) is 18.3. The molecule has 0 saturated heterocycles. The average molecular weight is 367 g/mol. The molecule has 7 heteroatoms. The molecule has 1 amide bonds. The van der Waals surface area contributed by atoms with Crippen molar-refractivity contribution in [2.24, 2.45) is 0 Å². The van der Waals surface area contributed by atoms with Crippen molar-refractivity contribution >= 4 is 33.2 Å². The number of amides is 1. The van der Waals surface area contributed by atoms with Crippen molar-refractivity contribution in [3.8, 4) is 0 Å². The van der Waals surface area contributed by atoms with Crippen LogP contribution in [0.1, 0.15) is 18.5 Å². The quantitative estimate of drug-likeness (QED) is 0.854. The highest BCUT2D eigenvalue weighted by Crippen LogP contribution is 2.21. The lowest BCUT2D eigenvalue weighted by Gasteiger charge is -2.23. The molecule has 5 nitrogen and oxygen atoms in total. The normalized spacial score (nSPS) is 12.5. The van der Waals surface area contributed by atoms with E-state index in [1.807, 2.05) is 37.3 Å². The largest absolute Gasteiger partial charge is 0.348 e. The molecule has 0 aromatic heterocycles. The monoisotopic (exact) mass is 366 g/mol. The minimum absolute atomic E-state index is 0.223. The predicted molar refractivity (Wildman–Crippen MR) is 96.6 cm³/mol. The van der Waals surface area contributed by atoms with E-state index in [2.05, 4.69) is 5.32 Å². The average Bonchev–Trinajstić information content (AvgIpc) is 2.52. The van der Waals surface area contributed by atoms with Crippen molar-refractivity contribution in [3.63, 3.8) is 0 Å². The Hall–Kier alpha value is -2.05. The maximum atomic E-state index is 12.3. The molecular formula is C17H19ClN2O3S. The van der Waals surface area contributed by atoms with Gasteiger partial charge in [-0.05, 0) is 30.7 Å². The summed E-state index contributed by atoms with van der Waals surface area (Å²) in [5, 5.41) is 3.21.